The molecule has 0 aliphatic carbocycles. The molecule has 7 heteroatoms. The van der Waals surface area contributed by atoms with Crippen molar-refractivity contribution in [2.45, 2.75) is 6.54 Å². The van der Waals surface area contributed by atoms with E-state index in [4.69, 9.17) is 4.74 Å². The number of nitrogens with one attached hydrogen (secondary N) is 2. The highest BCUT2D eigenvalue weighted by molar-refractivity contribution is 9.10. The molecule has 0 fully saturated rings. The maximum absolute atomic E-state index is 12.3. The van der Waals surface area contributed by atoms with Crippen molar-refractivity contribution < 1.29 is 9.53 Å². The zero-order valence-electron chi connectivity index (χ0n) is 12.9. The smallest absolute Gasteiger partial charge is 0.269 e. The fraction of sp³-hybridized carbons (Fsp3) is 0.118. The van der Waals surface area contributed by atoms with Gasteiger partial charge < -0.3 is 10.1 Å². The maximum atomic E-state index is 12.3. The monoisotopic (exact) mass is 386 g/mol. The zero-order valence-corrected chi connectivity index (χ0v) is 14.5. The highest BCUT2D eigenvalue weighted by Crippen LogP contribution is 2.20. The molecule has 122 valence electrons. The van der Waals surface area contributed by atoms with Crippen molar-refractivity contribution in [3.05, 3.63) is 64.4 Å². The highest BCUT2D eigenvalue weighted by Gasteiger charge is 2.12. The first-order valence-electron chi connectivity index (χ1n) is 7.25. The van der Waals surface area contributed by atoms with Gasteiger partial charge in [-0.1, -0.05) is 34.1 Å². The topological polar surface area (TPSA) is 79.9 Å². The van der Waals surface area contributed by atoms with Crippen LogP contribution in [0.4, 0.5) is 0 Å². The number of hydrogen-bond acceptors (Lipinski definition) is 4. The Morgan fingerprint density at radius 3 is 2.83 bits per heavy atom. The molecule has 6 nitrogen and oxygen atoms in total. The van der Waals surface area contributed by atoms with Crippen molar-refractivity contribution in [2.24, 2.45) is 0 Å². The van der Waals surface area contributed by atoms with Crippen LogP contribution >= 0.6 is 15.9 Å². The summed E-state index contributed by atoms with van der Waals surface area (Å²) in [5.74, 6) is 0.259. The lowest BCUT2D eigenvalue weighted by molar-refractivity contribution is 0.0945. The molecule has 0 bridgehead atoms. The largest absolute Gasteiger partial charge is 0.481 e. The van der Waals surface area contributed by atoms with Crippen LogP contribution in [0.5, 0.6) is 5.88 Å². The molecule has 0 saturated carbocycles. The SMILES string of the molecule is COc1ncccc1CNC(=O)c1cc(-c2ccc(Br)cc2)n[nH]1. The predicted molar refractivity (Wildman–Crippen MR) is 93.7 cm³/mol. The summed E-state index contributed by atoms with van der Waals surface area (Å²) in [6, 6.07) is 13.1. The average Bonchev–Trinajstić information content (AvgIpc) is 3.10. The molecule has 24 heavy (non-hydrogen) atoms. The third-order valence-electron chi connectivity index (χ3n) is 3.45. The van der Waals surface area contributed by atoms with E-state index in [9.17, 15) is 4.79 Å². The van der Waals surface area contributed by atoms with Gasteiger partial charge in [0.15, 0.2) is 0 Å². The van der Waals surface area contributed by atoms with Gasteiger partial charge in [0.2, 0.25) is 5.88 Å². The Bertz CT molecular complexity index is 846. The summed E-state index contributed by atoms with van der Waals surface area (Å²) in [6.07, 6.45) is 1.64. The summed E-state index contributed by atoms with van der Waals surface area (Å²) in [5, 5.41) is 9.78. The highest BCUT2D eigenvalue weighted by atomic mass is 79.9. The Morgan fingerprint density at radius 1 is 1.29 bits per heavy atom. The number of hydrogen-bond donors (Lipinski definition) is 2. The van der Waals surface area contributed by atoms with Gasteiger partial charge in [-0.15, -0.1) is 0 Å². The predicted octanol–water partition coefficient (Wildman–Crippen LogP) is 3.17. The van der Waals surface area contributed by atoms with E-state index in [1.54, 1.807) is 25.4 Å². The van der Waals surface area contributed by atoms with Gasteiger partial charge >= 0.3 is 0 Å². The van der Waals surface area contributed by atoms with Gasteiger partial charge in [-0.25, -0.2) is 4.98 Å². The second-order valence-electron chi connectivity index (χ2n) is 5.03. The minimum atomic E-state index is -0.239. The van der Waals surface area contributed by atoms with E-state index >= 15 is 0 Å². The summed E-state index contributed by atoms with van der Waals surface area (Å²) >= 11 is 3.39. The summed E-state index contributed by atoms with van der Waals surface area (Å²) in [6.45, 7) is 0.322. The van der Waals surface area contributed by atoms with Crippen molar-refractivity contribution >= 4 is 21.8 Å². The van der Waals surface area contributed by atoms with E-state index in [1.165, 1.54) is 0 Å². The van der Waals surface area contributed by atoms with E-state index in [0.717, 1.165) is 15.6 Å². The summed E-state index contributed by atoms with van der Waals surface area (Å²) in [7, 11) is 1.55. The summed E-state index contributed by atoms with van der Waals surface area (Å²) in [5.41, 5.74) is 2.85. The van der Waals surface area contributed by atoms with Crippen molar-refractivity contribution in [3.63, 3.8) is 0 Å². The molecule has 2 N–H and O–H groups in total. The number of amides is 1. The van der Waals surface area contributed by atoms with E-state index in [1.807, 2.05) is 30.3 Å². The lowest BCUT2D eigenvalue weighted by Crippen LogP contribution is -2.23. The molecule has 0 spiro atoms. The fourth-order valence-electron chi connectivity index (χ4n) is 2.22. The molecule has 0 radical (unpaired) electrons. The zero-order chi connectivity index (χ0) is 16.9. The Hall–Kier alpha value is -2.67. The van der Waals surface area contributed by atoms with Crippen molar-refractivity contribution in [1.29, 1.82) is 0 Å². The minimum Gasteiger partial charge on any atom is -0.481 e. The van der Waals surface area contributed by atoms with Crippen LogP contribution in [0.25, 0.3) is 11.3 Å². The first kappa shape index (κ1) is 16.2. The van der Waals surface area contributed by atoms with Gasteiger partial charge in [0, 0.05) is 28.3 Å². The van der Waals surface area contributed by atoms with Gasteiger partial charge in [0.1, 0.15) is 5.69 Å². The van der Waals surface area contributed by atoms with Crippen LogP contribution in [-0.2, 0) is 6.54 Å². The number of aromatic amines is 1. The van der Waals surface area contributed by atoms with E-state index in [2.05, 4.69) is 36.4 Å². The van der Waals surface area contributed by atoms with Crippen molar-refractivity contribution in [2.75, 3.05) is 7.11 Å². The fourth-order valence-corrected chi connectivity index (χ4v) is 2.48. The molecule has 1 aromatic carbocycles. The number of H-pyrrole nitrogens is 1. The molecule has 3 rings (SSSR count). The molecule has 2 aromatic heterocycles. The number of methoxy groups -OCH3 is 1. The third-order valence-corrected chi connectivity index (χ3v) is 3.97. The first-order chi connectivity index (χ1) is 11.7. The van der Waals surface area contributed by atoms with Crippen molar-refractivity contribution in [1.82, 2.24) is 20.5 Å². The second kappa shape index (κ2) is 7.27. The van der Waals surface area contributed by atoms with E-state index in [-0.39, 0.29) is 5.91 Å². The standard InChI is InChI=1S/C17H15BrN4O2/c1-24-17-12(3-2-8-19-17)10-20-16(23)15-9-14(21-22-15)11-4-6-13(18)7-5-11/h2-9H,10H2,1H3,(H,20,23)(H,21,22). The number of carbonyl (C=O) groups is 1. The molecule has 0 aliphatic rings. The van der Waals surface area contributed by atoms with Crippen LogP contribution in [0.1, 0.15) is 16.1 Å². The van der Waals surface area contributed by atoms with Gasteiger partial charge in [0.25, 0.3) is 5.91 Å². The normalized spacial score (nSPS) is 10.4. The Labute approximate surface area is 147 Å². The van der Waals surface area contributed by atoms with Gasteiger partial charge in [-0.3, -0.25) is 9.89 Å². The molecule has 0 atom stereocenters. The molecular weight excluding hydrogens is 372 g/mol. The Balaban J connectivity index is 1.69. The Kier molecular flexibility index (Phi) is 4.90. The van der Waals surface area contributed by atoms with Crippen LogP contribution < -0.4 is 10.1 Å². The van der Waals surface area contributed by atoms with E-state index < -0.39 is 0 Å². The molecular formula is C17H15BrN4O2. The van der Waals surface area contributed by atoms with E-state index in [0.29, 0.717) is 23.8 Å². The second-order valence-corrected chi connectivity index (χ2v) is 5.94. The Morgan fingerprint density at radius 2 is 2.08 bits per heavy atom. The van der Waals surface area contributed by atoms with Crippen LogP contribution in [0.15, 0.2) is 53.1 Å². The van der Waals surface area contributed by atoms with Gasteiger partial charge in [-0.2, -0.15) is 5.10 Å². The molecule has 3 aromatic rings. The number of carbonyl (C=O) groups excluding carboxylic acids is 1. The molecule has 0 saturated heterocycles. The molecule has 1 amide bonds. The molecule has 0 aliphatic heterocycles. The van der Waals surface area contributed by atoms with Crippen LogP contribution in [0.3, 0.4) is 0 Å². The van der Waals surface area contributed by atoms with Crippen LogP contribution in [-0.4, -0.2) is 28.2 Å². The lowest BCUT2D eigenvalue weighted by atomic mass is 10.1. The first-order valence-corrected chi connectivity index (χ1v) is 8.04. The number of pyridine rings is 1. The number of halogens is 1. The quantitative estimate of drug-likeness (QED) is 0.705. The number of ether oxygens (including phenoxy) is 1. The van der Waals surface area contributed by atoms with Crippen LogP contribution in [0, 0.1) is 0 Å². The lowest BCUT2D eigenvalue weighted by Gasteiger charge is -2.07. The number of aromatic nitrogens is 3. The summed E-state index contributed by atoms with van der Waals surface area (Å²) < 4.78 is 6.16. The van der Waals surface area contributed by atoms with Gasteiger partial charge in [-0.05, 0) is 24.3 Å². The number of benzene rings is 1. The minimum absolute atomic E-state index is 0.239. The molecule has 2 heterocycles. The molecule has 0 unspecified atom stereocenters. The number of rotatable bonds is 5. The third kappa shape index (κ3) is 3.62. The van der Waals surface area contributed by atoms with Crippen molar-refractivity contribution in [3.8, 4) is 17.1 Å². The van der Waals surface area contributed by atoms with Crippen LogP contribution in [0.2, 0.25) is 0 Å². The maximum Gasteiger partial charge on any atom is 0.269 e. The summed E-state index contributed by atoms with van der Waals surface area (Å²) in [4.78, 5) is 16.4. The number of nitrogens with zero attached hydrogens (tertiary/aromatic N) is 2. The average molecular weight is 387 g/mol. The van der Waals surface area contributed by atoms with Gasteiger partial charge in [0.05, 0.1) is 12.8 Å².